The fourth-order valence-electron chi connectivity index (χ4n) is 4.78. The van der Waals surface area contributed by atoms with Crippen LogP contribution >= 0.6 is 0 Å². The van der Waals surface area contributed by atoms with Gasteiger partial charge in [-0.2, -0.15) is 0 Å². The second kappa shape index (κ2) is 10.4. The zero-order valence-corrected chi connectivity index (χ0v) is 21.8. The van der Waals surface area contributed by atoms with E-state index in [0.29, 0.717) is 22.9 Å². The first kappa shape index (κ1) is 25.0. The number of nitrogens with zero attached hydrogens (tertiary/aromatic N) is 3. The van der Waals surface area contributed by atoms with Crippen LogP contribution < -0.4 is 19.7 Å². The maximum atomic E-state index is 14.1. The lowest BCUT2D eigenvalue weighted by molar-refractivity contribution is -0.120. The molecule has 0 saturated heterocycles. The molecule has 3 amide bonds. The molecule has 38 heavy (non-hydrogen) atoms. The fraction of sp³-hybridized carbons (Fsp3) is 0.241. The Labute approximate surface area is 221 Å². The van der Waals surface area contributed by atoms with E-state index >= 15 is 0 Å². The molecular weight excluding hydrogens is 484 g/mol. The first-order chi connectivity index (χ1) is 18.4. The number of furan rings is 1. The zero-order chi connectivity index (χ0) is 26.8. The van der Waals surface area contributed by atoms with E-state index in [9.17, 15) is 9.59 Å². The minimum atomic E-state index is -0.485. The molecule has 0 radical (unpaired) electrons. The van der Waals surface area contributed by atoms with Crippen molar-refractivity contribution in [2.24, 2.45) is 0 Å². The van der Waals surface area contributed by atoms with E-state index in [4.69, 9.17) is 13.9 Å². The predicted octanol–water partition coefficient (Wildman–Crippen LogP) is 5.47. The molecule has 2 aromatic carbocycles. The number of urea groups is 1. The maximum Gasteiger partial charge on any atom is 0.322 e. The number of methoxy groups -OCH3 is 2. The van der Waals surface area contributed by atoms with E-state index in [1.807, 2.05) is 68.6 Å². The molecule has 9 nitrogen and oxygen atoms in total. The number of carbonyl (C=O) groups is 2. The molecule has 4 aromatic rings. The first-order valence-corrected chi connectivity index (χ1v) is 12.3. The van der Waals surface area contributed by atoms with Crippen LogP contribution in [0.5, 0.6) is 11.5 Å². The minimum absolute atomic E-state index is 0.145. The summed E-state index contributed by atoms with van der Waals surface area (Å²) < 4.78 is 18.5. The van der Waals surface area contributed by atoms with Crippen molar-refractivity contribution in [1.82, 2.24) is 9.47 Å². The standard InChI is InChI=1S/C29H30N4O5/c1-19(2)32(29(35)30-21-14-13-20(36-3)17-26(21)37-4)18-27(34)33-23-10-6-5-9-22(23)31-15-7-11-24(31)28(33)25-12-8-16-38-25/h5-17,19,28H,18H2,1-4H3,(H,30,35). The number of nitrogens with one attached hydrogen (secondary N) is 1. The van der Waals surface area contributed by atoms with Crippen molar-refractivity contribution < 1.29 is 23.5 Å². The van der Waals surface area contributed by atoms with Gasteiger partial charge in [0, 0.05) is 18.3 Å². The monoisotopic (exact) mass is 514 g/mol. The first-order valence-electron chi connectivity index (χ1n) is 12.3. The Morgan fingerprint density at radius 3 is 2.47 bits per heavy atom. The Morgan fingerprint density at radius 1 is 1.00 bits per heavy atom. The highest BCUT2D eigenvalue weighted by Gasteiger charge is 2.38. The number of carbonyl (C=O) groups excluding carboxylic acids is 2. The van der Waals surface area contributed by atoms with Gasteiger partial charge in [0.25, 0.3) is 0 Å². The molecule has 5 rings (SSSR count). The average Bonchev–Trinajstić information content (AvgIpc) is 3.63. The Balaban J connectivity index is 1.47. The number of para-hydroxylation sites is 2. The van der Waals surface area contributed by atoms with Crippen molar-refractivity contribution >= 4 is 23.3 Å². The number of rotatable bonds is 7. The molecule has 3 heterocycles. The number of fused-ring (bicyclic) bond motifs is 3. The normalized spacial score (nSPS) is 14.0. The largest absolute Gasteiger partial charge is 0.497 e. The third-order valence-electron chi connectivity index (χ3n) is 6.64. The van der Waals surface area contributed by atoms with Gasteiger partial charge in [-0.15, -0.1) is 0 Å². The molecule has 0 aliphatic carbocycles. The van der Waals surface area contributed by atoms with Crippen molar-refractivity contribution in [3.8, 4) is 17.2 Å². The summed E-state index contributed by atoms with van der Waals surface area (Å²) in [5.41, 5.74) is 3.00. The van der Waals surface area contributed by atoms with Gasteiger partial charge in [0.1, 0.15) is 29.8 Å². The lowest BCUT2D eigenvalue weighted by Gasteiger charge is -2.38. The van der Waals surface area contributed by atoms with E-state index in [1.165, 1.54) is 12.0 Å². The predicted molar refractivity (Wildman–Crippen MR) is 144 cm³/mol. The van der Waals surface area contributed by atoms with E-state index in [-0.39, 0.29) is 18.5 Å². The summed E-state index contributed by atoms with van der Waals surface area (Å²) in [5, 5.41) is 2.88. The third-order valence-corrected chi connectivity index (χ3v) is 6.64. The van der Waals surface area contributed by atoms with Crippen molar-refractivity contribution in [2.75, 3.05) is 31.0 Å². The third kappa shape index (κ3) is 4.47. The number of aromatic nitrogens is 1. The van der Waals surface area contributed by atoms with Crippen LogP contribution in [0.15, 0.2) is 83.6 Å². The topological polar surface area (TPSA) is 89.2 Å². The van der Waals surface area contributed by atoms with Gasteiger partial charge in [-0.3, -0.25) is 9.69 Å². The zero-order valence-electron chi connectivity index (χ0n) is 21.8. The summed E-state index contributed by atoms with van der Waals surface area (Å²) >= 11 is 0. The van der Waals surface area contributed by atoms with Gasteiger partial charge in [0.05, 0.1) is 43.2 Å². The van der Waals surface area contributed by atoms with Crippen LogP contribution in [0, 0.1) is 0 Å². The summed E-state index contributed by atoms with van der Waals surface area (Å²) in [6, 6.07) is 19.3. The van der Waals surface area contributed by atoms with Crippen LogP contribution in [0.4, 0.5) is 16.2 Å². The highest BCUT2D eigenvalue weighted by molar-refractivity contribution is 6.01. The van der Waals surface area contributed by atoms with Crippen molar-refractivity contribution in [2.45, 2.75) is 25.9 Å². The quantitative estimate of drug-likeness (QED) is 0.354. The van der Waals surface area contributed by atoms with Gasteiger partial charge >= 0.3 is 6.03 Å². The minimum Gasteiger partial charge on any atom is -0.497 e. The lowest BCUT2D eigenvalue weighted by Crippen LogP contribution is -2.49. The summed E-state index contributed by atoms with van der Waals surface area (Å²) in [6.07, 6.45) is 3.57. The molecule has 1 N–H and O–H groups in total. The van der Waals surface area contributed by atoms with Crippen LogP contribution in [0.1, 0.15) is 31.3 Å². The Bertz CT molecular complexity index is 1440. The smallest absolute Gasteiger partial charge is 0.322 e. The molecule has 2 aromatic heterocycles. The molecule has 0 spiro atoms. The number of benzene rings is 2. The molecule has 1 aliphatic rings. The van der Waals surface area contributed by atoms with Gasteiger partial charge in [-0.25, -0.2) is 4.79 Å². The van der Waals surface area contributed by atoms with Gasteiger partial charge < -0.3 is 28.7 Å². The van der Waals surface area contributed by atoms with Crippen molar-refractivity contribution in [3.63, 3.8) is 0 Å². The molecule has 9 heteroatoms. The van der Waals surface area contributed by atoms with Crippen molar-refractivity contribution in [1.29, 1.82) is 0 Å². The van der Waals surface area contributed by atoms with Gasteiger partial charge in [-0.1, -0.05) is 12.1 Å². The molecule has 0 saturated carbocycles. The fourth-order valence-corrected chi connectivity index (χ4v) is 4.78. The summed E-state index contributed by atoms with van der Waals surface area (Å²) in [7, 11) is 3.08. The molecule has 1 atom stereocenters. The number of anilines is 2. The number of ether oxygens (including phenoxy) is 2. The van der Waals surface area contributed by atoms with E-state index in [1.54, 1.807) is 36.5 Å². The van der Waals surface area contributed by atoms with Crippen LogP contribution in [0.25, 0.3) is 5.69 Å². The van der Waals surface area contributed by atoms with Gasteiger partial charge in [-0.05, 0) is 62.4 Å². The van der Waals surface area contributed by atoms with Crippen LogP contribution in [0.2, 0.25) is 0 Å². The molecule has 196 valence electrons. The second-order valence-corrected chi connectivity index (χ2v) is 9.19. The number of hydrogen-bond donors (Lipinski definition) is 1. The average molecular weight is 515 g/mol. The van der Waals surface area contributed by atoms with E-state index in [2.05, 4.69) is 9.88 Å². The SMILES string of the molecule is COc1ccc(NC(=O)N(CC(=O)N2c3ccccc3-n3cccc3C2c2ccco2)C(C)C)c(OC)c1. The Hall–Kier alpha value is -4.66. The highest BCUT2D eigenvalue weighted by Crippen LogP contribution is 2.42. The van der Waals surface area contributed by atoms with Gasteiger partial charge in [0.15, 0.2) is 0 Å². The molecule has 0 fully saturated rings. The van der Waals surface area contributed by atoms with Gasteiger partial charge in [0.2, 0.25) is 5.91 Å². The Morgan fingerprint density at radius 2 is 1.79 bits per heavy atom. The molecule has 1 unspecified atom stereocenters. The molecular formula is C29H30N4O5. The van der Waals surface area contributed by atoms with Crippen LogP contribution in [-0.4, -0.2) is 48.2 Å². The molecule has 0 bridgehead atoms. The second-order valence-electron chi connectivity index (χ2n) is 9.19. The summed E-state index contributed by atoms with van der Waals surface area (Å²) in [4.78, 5) is 30.8. The van der Waals surface area contributed by atoms with Crippen LogP contribution in [-0.2, 0) is 4.79 Å². The highest BCUT2D eigenvalue weighted by atomic mass is 16.5. The Kier molecular flexibility index (Phi) is 6.83. The van der Waals surface area contributed by atoms with Crippen LogP contribution in [0.3, 0.4) is 0 Å². The van der Waals surface area contributed by atoms with E-state index < -0.39 is 12.1 Å². The molecule has 1 aliphatic heterocycles. The summed E-state index contributed by atoms with van der Waals surface area (Å²) in [5.74, 6) is 1.46. The number of hydrogen-bond acceptors (Lipinski definition) is 5. The lowest BCUT2D eigenvalue weighted by atomic mass is 10.0. The van der Waals surface area contributed by atoms with Crippen molar-refractivity contribution in [3.05, 3.63) is 90.6 Å². The van der Waals surface area contributed by atoms with E-state index in [0.717, 1.165) is 17.1 Å². The number of amides is 3. The maximum absolute atomic E-state index is 14.1. The summed E-state index contributed by atoms with van der Waals surface area (Å²) in [6.45, 7) is 3.60.